The highest BCUT2D eigenvalue weighted by atomic mass is 79.9. The quantitative estimate of drug-likeness (QED) is 0.864. The highest BCUT2D eigenvalue weighted by molar-refractivity contribution is 9.10. The monoisotopic (exact) mass is 372 g/mol. The topological polar surface area (TPSA) is 47.3 Å². The maximum Gasteiger partial charge on any atom is 0.126 e. The van der Waals surface area contributed by atoms with Crippen molar-refractivity contribution in [2.75, 3.05) is 7.11 Å². The normalized spacial score (nSPS) is 12.5. The first-order chi connectivity index (χ1) is 9.97. The Labute approximate surface area is 137 Å². The number of ether oxygens (including phenoxy) is 1. The van der Waals surface area contributed by atoms with Crippen molar-refractivity contribution in [3.8, 4) is 5.75 Å². The van der Waals surface area contributed by atoms with Crippen LogP contribution in [0.25, 0.3) is 0 Å². The van der Waals surface area contributed by atoms with E-state index < -0.39 is 6.10 Å². The zero-order chi connectivity index (χ0) is 15.6. The van der Waals surface area contributed by atoms with E-state index in [1.165, 1.54) is 0 Å². The molecule has 1 aromatic carbocycles. The second kappa shape index (κ2) is 6.81. The van der Waals surface area contributed by atoms with E-state index in [1.807, 2.05) is 18.5 Å². The highest BCUT2D eigenvalue weighted by Crippen LogP contribution is 2.32. The molecule has 114 valence electrons. The Hall–Kier alpha value is -1.04. The van der Waals surface area contributed by atoms with Crippen LogP contribution in [-0.4, -0.2) is 22.0 Å². The zero-order valence-corrected chi connectivity index (χ0v) is 14.6. The Bertz CT molecular complexity index is 643. The molecule has 0 spiro atoms. The molecular weight excluding hydrogens is 356 g/mol. The van der Waals surface area contributed by atoms with Crippen LogP contribution in [0.4, 0.5) is 0 Å². The predicted octanol–water partition coefficient (Wildman–Crippen LogP) is 3.91. The van der Waals surface area contributed by atoms with Crippen molar-refractivity contribution in [1.82, 2.24) is 9.78 Å². The van der Waals surface area contributed by atoms with Gasteiger partial charge >= 0.3 is 0 Å². The number of aryl methyl sites for hydroxylation is 2. The second-order valence-corrected chi connectivity index (χ2v) is 6.00. The molecule has 21 heavy (non-hydrogen) atoms. The van der Waals surface area contributed by atoms with E-state index in [4.69, 9.17) is 16.3 Å². The molecule has 1 unspecified atom stereocenters. The van der Waals surface area contributed by atoms with E-state index in [1.54, 1.807) is 25.3 Å². The number of aliphatic hydroxyl groups excluding tert-OH is 1. The fourth-order valence-corrected chi connectivity index (χ4v) is 2.93. The third-order valence-electron chi connectivity index (χ3n) is 3.39. The van der Waals surface area contributed by atoms with Crippen molar-refractivity contribution in [2.24, 2.45) is 0 Å². The van der Waals surface area contributed by atoms with Crippen molar-refractivity contribution in [3.05, 3.63) is 44.6 Å². The molecule has 0 amide bonds. The molecule has 0 aliphatic heterocycles. The summed E-state index contributed by atoms with van der Waals surface area (Å²) in [5.41, 5.74) is 2.61. The molecule has 0 saturated carbocycles. The van der Waals surface area contributed by atoms with Crippen molar-refractivity contribution in [1.29, 1.82) is 0 Å². The Balaban J connectivity index is 2.32. The van der Waals surface area contributed by atoms with Gasteiger partial charge in [-0.1, -0.05) is 17.7 Å². The van der Waals surface area contributed by atoms with Gasteiger partial charge < -0.3 is 9.84 Å². The van der Waals surface area contributed by atoms with Crippen molar-refractivity contribution >= 4 is 27.5 Å². The SMILES string of the molecule is CCn1nc(C)c(Br)c1CC(O)c1ccc(Cl)cc1OC. The summed E-state index contributed by atoms with van der Waals surface area (Å²) >= 11 is 9.50. The van der Waals surface area contributed by atoms with Gasteiger partial charge in [0.2, 0.25) is 0 Å². The van der Waals surface area contributed by atoms with Crippen molar-refractivity contribution < 1.29 is 9.84 Å². The van der Waals surface area contributed by atoms with Crippen LogP contribution < -0.4 is 4.74 Å². The molecule has 1 heterocycles. The van der Waals surface area contributed by atoms with E-state index in [-0.39, 0.29) is 0 Å². The molecule has 1 aromatic heterocycles. The lowest BCUT2D eigenvalue weighted by atomic mass is 10.0. The van der Waals surface area contributed by atoms with Gasteiger partial charge in [-0.05, 0) is 41.9 Å². The molecule has 2 rings (SSSR count). The number of aliphatic hydroxyl groups is 1. The van der Waals surface area contributed by atoms with Crippen LogP contribution in [0.15, 0.2) is 22.7 Å². The summed E-state index contributed by atoms with van der Waals surface area (Å²) < 4.78 is 8.13. The second-order valence-electron chi connectivity index (χ2n) is 4.77. The van der Waals surface area contributed by atoms with Crippen molar-refractivity contribution in [3.63, 3.8) is 0 Å². The maximum absolute atomic E-state index is 10.5. The molecule has 0 aliphatic carbocycles. The molecule has 0 radical (unpaired) electrons. The van der Waals surface area contributed by atoms with Gasteiger partial charge in [0.05, 0.1) is 29.1 Å². The van der Waals surface area contributed by atoms with Gasteiger partial charge in [0.25, 0.3) is 0 Å². The number of hydrogen-bond donors (Lipinski definition) is 1. The minimum Gasteiger partial charge on any atom is -0.496 e. The van der Waals surface area contributed by atoms with E-state index in [0.717, 1.165) is 28.0 Å². The lowest BCUT2D eigenvalue weighted by Crippen LogP contribution is -2.10. The standard InChI is InChI=1S/C15H18BrClN2O2/c1-4-19-12(15(16)9(2)18-19)8-13(20)11-6-5-10(17)7-14(11)21-3/h5-7,13,20H,4,8H2,1-3H3. The first-order valence-corrected chi connectivity index (χ1v) is 7.88. The number of halogens is 2. The predicted molar refractivity (Wildman–Crippen MR) is 87.0 cm³/mol. The summed E-state index contributed by atoms with van der Waals surface area (Å²) in [7, 11) is 1.57. The molecule has 4 nitrogen and oxygen atoms in total. The molecule has 1 atom stereocenters. The Morgan fingerprint density at radius 1 is 1.48 bits per heavy atom. The average Bonchev–Trinajstić information content (AvgIpc) is 2.74. The van der Waals surface area contributed by atoms with E-state index in [9.17, 15) is 5.11 Å². The van der Waals surface area contributed by atoms with Crippen LogP contribution in [-0.2, 0) is 13.0 Å². The largest absolute Gasteiger partial charge is 0.496 e. The molecule has 0 fully saturated rings. The summed E-state index contributed by atoms with van der Waals surface area (Å²) in [4.78, 5) is 0. The van der Waals surface area contributed by atoms with Crippen LogP contribution in [0.1, 0.15) is 30.0 Å². The molecule has 6 heteroatoms. The minimum atomic E-state index is -0.685. The molecule has 1 N–H and O–H groups in total. The Kier molecular flexibility index (Phi) is 5.30. The minimum absolute atomic E-state index is 0.452. The summed E-state index contributed by atoms with van der Waals surface area (Å²) in [5, 5.41) is 15.6. The number of hydrogen-bond acceptors (Lipinski definition) is 3. The lowest BCUT2D eigenvalue weighted by Gasteiger charge is -2.16. The molecule has 0 saturated heterocycles. The Morgan fingerprint density at radius 3 is 2.81 bits per heavy atom. The summed E-state index contributed by atoms with van der Waals surface area (Å²) in [6.45, 7) is 4.72. The third kappa shape index (κ3) is 3.42. The summed E-state index contributed by atoms with van der Waals surface area (Å²) in [5.74, 6) is 0.588. The van der Waals surface area contributed by atoms with Crippen LogP contribution in [0.2, 0.25) is 5.02 Å². The number of methoxy groups -OCH3 is 1. The van der Waals surface area contributed by atoms with Gasteiger partial charge in [-0.2, -0.15) is 5.10 Å². The van der Waals surface area contributed by atoms with Gasteiger partial charge in [-0.3, -0.25) is 4.68 Å². The summed E-state index contributed by atoms with van der Waals surface area (Å²) in [6.07, 6.45) is -0.234. The van der Waals surface area contributed by atoms with Crippen molar-refractivity contribution in [2.45, 2.75) is 32.9 Å². The van der Waals surface area contributed by atoms with E-state index >= 15 is 0 Å². The Morgan fingerprint density at radius 2 is 2.19 bits per heavy atom. The maximum atomic E-state index is 10.5. The first-order valence-electron chi connectivity index (χ1n) is 6.71. The van der Waals surface area contributed by atoms with E-state index in [0.29, 0.717) is 17.2 Å². The number of benzene rings is 1. The molecule has 0 bridgehead atoms. The highest BCUT2D eigenvalue weighted by Gasteiger charge is 2.20. The lowest BCUT2D eigenvalue weighted by molar-refractivity contribution is 0.171. The van der Waals surface area contributed by atoms with Crippen LogP contribution in [0, 0.1) is 6.92 Å². The fraction of sp³-hybridized carbons (Fsp3) is 0.400. The van der Waals surface area contributed by atoms with E-state index in [2.05, 4.69) is 21.0 Å². The summed E-state index contributed by atoms with van der Waals surface area (Å²) in [6, 6.07) is 5.25. The average molecular weight is 374 g/mol. The number of aromatic nitrogens is 2. The zero-order valence-electron chi connectivity index (χ0n) is 12.2. The van der Waals surface area contributed by atoms with Gasteiger partial charge in [0, 0.05) is 23.6 Å². The molecule has 2 aromatic rings. The van der Waals surface area contributed by atoms with Crippen LogP contribution >= 0.6 is 27.5 Å². The fourth-order valence-electron chi connectivity index (χ4n) is 2.32. The number of nitrogens with zero attached hydrogens (tertiary/aromatic N) is 2. The third-order valence-corrected chi connectivity index (χ3v) is 4.66. The van der Waals surface area contributed by atoms with Gasteiger partial charge in [-0.15, -0.1) is 0 Å². The molecular formula is C15H18BrClN2O2. The first kappa shape index (κ1) is 16.3. The van der Waals surface area contributed by atoms with Gasteiger partial charge in [0.1, 0.15) is 5.75 Å². The van der Waals surface area contributed by atoms with Gasteiger partial charge in [0.15, 0.2) is 0 Å². The van der Waals surface area contributed by atoms with Gasteiger partial charge in [-0.25, -0.2) is 0 Å². The molecule has 0 aliphatic rings. The van der Waals surface area contributed by atoms with Crippen LogP contribution in [0.5, 0.6) is 5.75 Å². The smallest absolute Gasteiger partial charge is 0.126 e. The van der Waals surface area contributed by atoms with Crippen LogP contribution in [0.3, 0.4) is 0 Å². The number of rotatable bonds is 5.